The molecule has 2 aromatic rings. The molecule has 3 rings (SSSR count). The van der Waals surface area contributed by atoms with E-state index in [1.165, 1.54) is 23.6 Å². The maximum absolute atomic E-state index is 14.1. The van der Waals surface area contributed by atoms with Gasteiger partial charge in [-0.15, -0.1) is 11.8 Å². The first kappa shape index (κ1) is 16.4. The summed E-state index contributed by atoms with van der Waals surface area (Å²) in [5.74, 6) is -1.60. The number of benzene rings is 2. The Labute approximate surface area is 141 Å². The van der Waals surface area contributed by atoms with E-state index < -0.39 is 17.0 Å². The lowest BCUT2D eigenvalue weighted by Crippen LogP contribution is -2.28. The summed E-state index contributed by atoms with van der Waals surface area (Å²) in [4.78, 5) is 24.7. The van der Waals surface area contributed by atoms with Gasteiger partial charge in [0, 0.05) is 18.7 Å². The van der Waals surface area contributed by atoms with Crippen LogP contribution in [-0.2, 0) is 9.59 Å². The van der Waals surface area contributed by atoms with Gasteiger partial charge in [0.05, 0.1) is 11.4 Å². The lowest BCUT2D eigenvalue weighted by molar-refractivity contribution is -0.116. The van der Waals surface area contributed by atoms with E-state index in [2.05, 4.69) is 5.32 Å². The van der Waals surface area contributed by atoms with E-state index >= 15 is 0 Å². The lowest BCUT2D eigenvalue weighted by atomic mass is 10.1. The molecule has 0 spiro atoms. The first-order valence-electron chi connectivity index (χ1n) is 7.22. The summed E-state index contributed by atoms with van der Waals surface area (Å²) >= 11 is 1.32. The minimum absolute atomic E-state index is 0.0834. The standard InChI is InChI=1S/C17H14F2N2O2S/c1-10(22)20-13-4-2-3-11(7-13)17-21(16(23)9-24-17)15-8-12(18)5-6-14(15)19/h2-8,17H,9H2,1H3,(H,20,22). The second-order valence-corrected chi connectivity index (χ2v) is 6.40. The number of hydrogen-bond acceptors (Lipinski definition) is 3. The Hall–Kier alpha value is -2.41. The van der Waals surface area contributed by atoms with Crippen LogP contribution < -0.4 is 10.2 Å². The van der Waals surface area contributed by atoms with Gasteiger partial charge in [-0.25, -0.2) is 8.78 Å². The number of amides is 2. The van der Waals surface area contributed by atoms with Crippen molar-refractivity contribution in [3.63, 3.8) is 0 Å². The number of hydrogen-bond donors (Lipinski definition) is 1. The average molecular weight is 348 g/mol. The molecule has 1 aliphatic heterocycles. The number of nitrogens with zero attached hydrogens (tertiary/aromatic N) is 1. The van der Waals surface area contributed by atoms with Crippen molar-refractivity contribution < 1.29 is 18.4 Å². The third-order valence-electron chi connectivity index (χ3n) is 3.53. The molecule has 2 amide bonds. The highest BCUT2D eigenvalue weighted by atomic mass is 32.2. The summed E-state index contributed by atoms with van der Waals surface area (Å²) in [5.41, 5.74) is 1.22. The Balaban J connectivity index is 1.99. The number of thioether (sulfide) groups is 1. The van der Waals surface area contributed by atoms with Crippen LogP contribution in [0, 0.1) is 11.6 Å². The van der Waals surface area contributed by atoms with Crippen LogP contribution in [0.25, 0.3) is 0 Å². The monoisotopic (exact) mass is 348 g/mol. The first-order valence-corrected chi connectivity index (χ1v) is 8.27. The minimum atomic E-state index is -0.657. The van der Waals surface area contributed by atoms with Crippen LogP contribution in [0.15, 0.2) is 42.5 Å². The van der Waals surface area contributed by atoms with Crippen LogP contribution in [0.4, 0.5) is 20.2 Å². The number of carbonyl (C=O) groups is 2. The topological polar surface area (TPSA) is 49.4 Å². The largest absolute Gasteiger partial charge is 0.326 e. The zero-order chi connectivity index (χ0) is 17.3. The molecule has 1 saturated heterocycles. The molecule has 0 aliphatic carbocycles. The number of nitrogens with one attached hydrogen (secondary N) is 1. The molecule has 0 aromatic heterocycles. The summed E-state index contributed by atoms with van der Waals surface area (Å²) < 4.78 is 27.6. The first-order chi connectivity index (χ1) is 11.5. The fourth-order valence-corrected chi connectivity index (χ4v) is 3.73. The van der Waals surface area contributed by atoms with E-state index in [9.17, 15) is 18.4 Å². The molecule has 1 N–H and O–H groups in total. The van der Waals surface area contributed by atoms with Crippen LogP contribution in [0.5, 0.6) is 0 Å². The Morgan fingerprint density at radius 1 is 1.25 bits per heavy atom. The van der Waals surface area contributed by atoms with Gasteiger partial charge in [0.2, 0.25) is 11.8 Å². The SMILES string of the molecule is CC(=O)Nc1cccc(C2SCC(=O)N2c2cc(F)ccc2F)c1. The van der Waals surface area contributed by atoms with Crippen molar-refractivity contribution in [2.75, 3.05) is 16.0 Å². The number of rotatable bonds is 3. The number of anilines is 2. The zero-order valence-corrected chi connectivity index (χ0v) is 13.6. The van der Waals surface area contributed by atoms with E-state index in [4.69, 9.17) is 0 Å². The van der Waals surface area contributed by atoms with Gasteiger partial charge in [-0.05, 0) is 29.8 Å². The van der Waals surface area contributed by atoms with Crippen LogP contribution in [0.3, 0.4) is 0 Å². The molecule has 0 bridgehead atoms. The second kappa shape index (κ2) is 6.60. The van der Waals surface area contributed by atoms with E-state index in [0.29, 0.717) is 5.69 Å². The Kier molecular flexibility index (Phi) is 4.53. The lowest BCUT2D eigenvalue weighted by Gasteiger charge is -2.25. The van der Waals surface area contributed by atoms with Gasteiger partial charge < -0.3 is 5.32 Å². The van der Waals surface area contributed by atoms with Gasteiger partial charge in [-0.3, -0.25) is 14.5 Å². The molecule has 1 unspecified atom stereocenters. The van der Waals surface area contributed by atoms with Crippen molar-refractivity contribution in [2.45, 2.75) is 12.3 Å². The average Bonchev–Trinajstić information content (AvgIpc) is 2.91. The Bertz CT molecular complexity index is 813. The quantitative estimate of drug-likeness (QED) is 0.920. The molecular formula is C17H14F2N2O2S. The molecule has 2 aromatic carbocycles. The summed E-state index contributed by atoms with van der Waals surface area (Å²) in [6.45, 7) is 1.40. The maximum Gasteiger partial charge on any atom is 0.238 e. The molecule has 1 heterocycles. The summed E-state index contributed by atoms with van der Waals surface area (Å²) in [5, 5.41) is 2.19. The van der Waals surface area contributed by atoms with Crippen molar-refractivity contribution in [3.05, 3.63) is 59.7 Å². The molecule has 1 atom stereocenters. The molecule has 124 valence electrons. The summed E-state index contributed by atoms with van der Waals surface area (Å²) in [6.07, 6.45) is 0. The van der Waals surface area contributed by atoms with E-state index in [-0.39, 0.29) is 23.3 Å². The van der Waals surface area contributed by atoms with Crippen molar-refractivity contribution >= 4 is 35.0 Å². The second-order valence-electron chi connectivity index (χ2n) is 5.33. The van der Waals surface area contributed by atoms with Gasteiger partial charge in [0.25, 0.3) is 0 Å². The van der Waals surface area contributed by atoms with Crippen LogP contribution in [-0.4, -0.2) is 17.6 Å². The highest BCUT2D eigenvalue weighted by Crippen LogP contribution is 2.43. The third kappa shape index (κ3) is 3.26. The number of halogens is 2. The van der Waals surface area contributed by atoms with Crippen molar-refractivity contribution in [3.8, 4) is 0 Å². The molecule has 24 heavy (non-hydrogen) atoms. The smallest absolute Gasteiger partial charge is 0.238 e. The highest BCUT2D eigenvalue weighted by Gasteiger charge is 2.35. The Morgan fingerprint density at radius 3 is 2.79 bits per heavy atom. The van der Waals surface area contributed by atoms with Crippen LogP contribution >= 0.6 is 11.8 Å². The molecule has 1 fully saturated rings. The van der Waals surface area contributed by atoms with Crippen molar-refractivity contribution in [2.24, 2.45) is 0 Å². The van der Waals surface area contributed by atoms with Gasteiger partial charge >= 0.3 is 0 Å². The third-order valence-corrected chi connectivity index (χ3v) is 4.74. The summed E-state index contributed by atoms with van der Waals surface area (Å²) in [7, 11) is 0. The van der Waals surface area contributed by atoms with E-state index in [0.717, 1.165) is 23.8 Å². The predicted octanol–water partition coefficient (Wildman–Crippen LogP) is 3.70. The van der Waals surface area contributed by atoms with Crippen molar-refractivity contribution in [1.82, 2.24) is 0 Å². The molecule has 7 heteroatoms. The predicted molar refractivity (Wildman–Crippen MR) is 89.8 cm³/mol. The molecular weight excluding hydrogens is 334 g/mol. The normalized spacial score (nSPS) is 17.2. The zero-order valence-electron chi connectivity index (χ0n) is 12.8. The highest BCUT2D eigenvalue weighted by molar-refractivity contribution is 8.00. The minimum Gasteiger partial charge on any atom is -0.326 e. The van der Waals surface area contributed by atoms with Gasteiger partial charge in [-0.2, -0.15) is 0 Å². The fourth-order valence-electron chi connectivity index (χ4n) is 2.57. The fraction of sp³-hybridized carbons (Fsp3) is 0.176. The van der Waals surface area contributed by atoms with Gasteiger partial charge in [0.15, 0.2) is 0 Å². The Morgan fingerprint density at radius 2 is 2.04 bits per heavy atom. The van der Waals surface area contributed by atoms with E-state index in [1.54, 1.807) is 24.3 Å². The number of carbonyl (C=O) groups excluding carboxylic acids is 2. The molecule has 0 saturated carbocycles. The maximum atomic E-state index is 14.1. The molecule has 1 aliphatic rings. The van der Waals surface area contributed by atoms with Gasteiger partial charge in [-0.1, -0.05) is 12.1 Å². The molecule has 0 radical (unpaired) electrons. The molecule has 4 nitrogen and oxygen atoms in total. The summed E-state index contributed by atoms with van der Waals surface area (Å²) in [6, 6.07) is 10.0. The van der Waals surface area contributed by atoms with E-state index in [1.807, 2.05) is 0 Å². The van der Waals surface area contributed by atoms with Crippen molar-refractivity contribution in [1.29, 1.82) is 0 Å². The van der Waals surface area contributed by atoms with Crippen LogP contribution in [0.2, 0.25) is 0 Å². The van der Waals surface area contributed by atoms with Crippen LogP contribution in [0.1, 0.15) is 17.9 Å². The van der Waals surface area contributed by atoms with Gasteiger partial charge in [0.1, 0.15) is 17.0 Å².